The monoisotopic (exact) mass is 627 g/mol. The molecule has 0 fully saturated rings. The van der Waals surface area contributed by atoms with E-state index in [0.717, 1.165) is 14.7 Å². The molecule has 1 aliphatic heterocycles. The molecular formula is C29H26INO5S. The first-order chi connectivity index (χ1) is 18.0. The van der Waals surface area contributed by atoms with E-state index in [1.54, 1.807) is 13.0 Å². The van der Waals surface area contributed by atoms with E-state index in [-0.39, 0.29) is 17.9 Å². The third-order valence-electron chi connectivity index (χ3n) is 5.21. The van der Waals surface area contributed by atoms with Crippen LogP contribution in [0.25, 0.3) is 6.08 Å². The highest BCUT2D eigenvalue weighted by atomic mass is 127. The number of rotatable bonds is 9. The second kappa shape index (κ2) is 12.8. The Morgan fingerprint density at radius 3 is 2.38 bits per heavy atom. The summed E-state index contributed by atoms with van der Waals surface area (Å²) in [5.41, 5.74) is 2.58. The zero-order chi connectivity index (χ0) is 26.2. The molecule has 1 heterocycles. The van der Waals surface area contributed by atoms with E-state index in [0.29, 0.717) is 40.3 Å². The predicted molar refractivity (Wildman–Crippen MR) is 156 cm³/mol. The van der Waals surface area contributed by atoms with Gasteiger partial charge in [-0.05, 0) is 77.9 Å². The van der Waals surface area contributed by atoms with Gasteiger partial charge in [0.1, 0.15) is 23.0 Å². The lowest BCUT2D eigenvalue weighted by Gasteiger charge is -2.15. The van der Waals surface area contributed by atoms with Gasteiger partial charge in [0.25, 0.3) is 0 Å². The summed E-state index contributed by atoms with van der Waals surface area (Å²) in [5.74, 6) is 0.494. The average Bonchev–Trinajstić information content (AvgIpc) is 3.19. The fourth-order valence-corrected chi connectivity index (χ4v) is 5.38. The number of carbonyl (C=O) groups is 1. The summed E-state index contributed by atoms with van der Waals surface area (Å²) in [5, 5.41) is 11.4. The van der Waals surface area contributed by atoms with Crippen molar-refractivity contribution < 1.29 is 24.1 Å². The van der Waals surface area contributed by atoms with Gasteiger partial charge in [0.2, 0.25) is 0 Å². The normalized spacial score (nSPS) is 15.3. The minimum Gasteiger partial charge on any atom is -0.506 e. The second-order valence-corrected chi connectivity index (χ2v) is 10.0. The topological polar surface area (TPSA) is 77.4 Å². The number of nitrogens with zero attached hydrogens (tertiary/aromatic N) is 1. The molecule has 0 unspecified atom stereocenters. The van der Waals surface area contributed by atoms with Crippen LogP contribution in [0.2, 0.25) is 0 Å². The molecule has 3 aromatic rings. The molecule has 1 N–H and O–H groups in total. The van der Waals surface area contributed by atoms with Crippen molar-refractivity contribution in [1.82, 2.24) is 0 Å². The molecule has 0 radical (unpaired) electrons. The molecule has 0 saturated heterocycles. The molecule has 0 bridgehead atoms. The Kier molecular flexibility index (Phi) is 9.29. The molecule has 0 aliphatic carbocycles. The predicted octanol–water partition coefficient (Wildman–Crippen LogP) is 7.46. The summed E-state index contributed by atoms with van der Waals surface area (Å²) < 4.78 is 18.1. The minimum atomic E-state index is -0.611. The molecule has 37 heavy (non-hydrogen) atoms. The highest BCUT2D eigenvalue weighted by Gasteiger charge is 2.33. The molecule has 0 amide bonds. The molecule has 8 heteroatoms. The van der Waals surface area contributed by atoms with Gasteiger partial charge in [0, 0.05) is 0 Å². The van der Waals surface area contributed by atoms with Crippen molar-refractivity contribution in [3.05, 3.63) is 104 Å². The Balaban J connectivity index is 1.68. The molecule has 0 saturated carbocycles. The van der Waals surface area contributed by atoms with Gasteiger partial charge in [-0.15, -0.1) is 0 Å². The van der Waals surface area contributed by atoms with Crippen molar-refractivity contribution in [2.24, 2.45) is 4.99 Å². The summed E-state index contributed by atoms with van der Waals surface area (Å²) in [6.07, 6.45) is 1.80. The van der Waals surface area contributed by atoms with E-state index in [2.05, 4.69) is 27.6 Å². The average molecular weight is 628 g/mol. The zero-order valence-corrected chi connectivity index (χ0v) is 23.4. The number of ether oxygens (including phenoxy) is 3. The third kappa shape index (κ3) is 6.75. The summed E-state index contributed by atoms with van der Waals surface area (Å²) in [7, 11) is 0. The van der Waals surface area contributed by atoms with Gasteiger partial charge in [-0.2, -0.15) is 0 Å². The number of thioether (sulfide) groups is 1. The van der Waals surface area contributed by atoms with E-state index in [9.17, 15) is 9.90 Å². The largest absolute Gasteiger partial charge is 0.506 e. The first kappa shape index (κ1) is 26.8. The first-order valence-corrected chi connectivity index (χ1v) is 13.7. The lowest BCUT2D eigenvalue weighted by Crippen LogP contribution is -2.12. The second-order valence-electron chi connectivity index (χ2n) is 7.84. The van der Waals surface area contributed by atoms with Crippen LogP contribution in [0, 0.1) is 3.57 Å². The van der Waals surface area contributed by atoms with Crippen molar-refractivity contribution in [1.29, 1.82) is 0 Å². The van der Waals surface area contributed by atoms with Crippen molar-refractivity contribution in [2.75, 3.05) is 13.2 Å². The molecule has 0 atom stereocenters. The maximum absolute atomic E-state index is 12.7. The molecule has 6 nitrogen and oxygen atoms in total. The molecule has 0 spiro atoms. The van der Waals surface area contributed by atoms with Crippen LogP contribution in [0.4, 0.5) is 5.69 Å². The van der Waals surface area contributed by atoms with Crippen LogP contribution in [-0.2, 0) is 16.1 Å². The minimum absolute atomic E-state index is 0.0597. The van der Waals surface area contributed by atoms with Crippen LogP contribution >= 0.6 is 34.4 Å². The number of hydrogen-bond acceptors (Lipinski definition) is 7. The number of halogens is 1. The number of aliphatic imine (C=N–C) groups is 1. The van der Waals surface area contributed by atoms with Gasteiger partial charge < -0.3 is 19.3 Å². The summed E-state index contributed by atoms with van der Waals surface area (Å²) in [6.45, 7) is 4.72. The lowest BCUT2D eigenvalue weighted by molar-refractivity contribution is -0.138. The van der Waals surface area contributed by atoms with E-state index >= 15 is 0 Å². The number of para-hydroxylation sites is 1. The molecule has 1 aliphatic rings. The maximum Gasteiger partial charge on any atom is 0.344 e. The van der Waals surface area contributed by atoms with Crippen LogP contribution in [-0.4, -0.2) is 29.3 Å². The summed E-state index contributed by atoms with van der Waals surface area (Å²) in [4.78, 5) is 17.8. The fourth-order valence-electron chi connectivity index (χ4n) is 3.57. The SMILES string of the molecule is CCOC(=O)C1=C(O)/C(=C/c2cc(I)c(OCc3ccccc3)c(OCC)c2)SC1=Nc1ccccc1. The van der Waals surface area contributed by atoms with Crippen LogP contribution in [0.5, 0.6) is 11.5 Å². The number of hydrogen-bond donors (Lipinski definition) is 1. The van der Waals surface area contributed by atoms with Gasteiger partial charge >= 0.3 is 5.97 Å². The number of esters is 1. The van der Waals surface area contributed by atoms with Crippen molar-refractivity contribution >= 4 is 57.1 Å². The fraction of sp³-hybridized carbons (Fsp3) is 0.172. The van der Waals surface area contributed by atoms with Crippen LogP contribution < -0.4 is 9.47 Å². The Hall–Kier alpha value is -3.24. The maximum atomic E-state index is 12.7. The van der Waals surface area contributed by atoms with E-state index in [1.807, 2.05) is 79.7 Å². The van der Waals surface area contributed by atoms with Crippen LogP contribution in [0.15, 0.2) is 94.0 Å². The number of aliphatic hydroxyl groups excluding tert-OH is 1. The van der Waals surface area contributed by atoms with Crippen LogP contribution in [0.1, 0.15) is 25.0 Å². The lowest BCUT2D eigenvalue weighted by atomic mass is 10.1. The Bertz CT molecular complexity index is 1350. The van der Waals surface area contributed by atoms with Gasteiger partial charge in [-0.3, -0.25) is 0 Å². The van der Waals surface area contributed by atoms with Crippen molar-refractivity contribution in [3.8, 4) is 11.5 Å². The molecule has 3 aromatic carbocycles. The van der Waals surface area contributed by atoms with Gasteiger partial charge in [0.15, 0.2) is 11.5 Å². The van der Waals surface area contributed by atoms with Crippen molar-refractivity contribution in [2.45, 2.75) is 20.5 Å². The third-order valence-corrected chi connectivity index (χ3v) is 7.03. The molecule has 4 rings (SSSR count). The summed E-state index contributed by atoms with van der Waals surface area (Å²) >= 11 is 3.44. The smallest absolute Gasteiger partial charge is 0.344 e. The highest BCUT2D eigenvalue weighted by Crippen LogP contribution is 2.42. The van der Waals surface area contributed by atoms with E-state index in [1.165, 1.54) is 11.8 Å². The molecule has 0 aromatic heterocycles. The Morgan fingerprint density at radius 1 is 1.00 bits per heavy atom. The number of carbonyl (C=O) groups excluding carboxylic acids is 1. The van der Waals surface area contributed by atoms with E-state index in [4.69, 9.17) is 14.2 Å². The number of benzene rings is 3. The van der Waals surface area contributed by atoms with Gasteiger partial charge in [-0.1, -0.05) is 60.3 Å². The zero-order valence-electron chi connectivity index (χ0n) is 20.4. The Labute approximate surface area is 234 Å². The summed E-state index contributed by atoms with van der Waals surface area (Å²) in [6, 6.07) is 23.0. The quantitative estimate of drug-likeness (QED) is 0.196. The Morgan fingerprint density at radius 2 is 1.70 bits per heavy atom. The molecular weight excluding hydrogens is 601 g/mol. The number of aliphatic hydroxyl groups is 1. The first-order valence-electron chi connectivity index (χ1n) is 11.8. The van der Waals surface area contributed by atoms with E-state index < -0.39 is 5.97 Å². The van der Waals surface area contributed by atoms with Gasteiger partial charge in [-0.25, -0.2) is 9.79 Å². The molecule has 190 valence electrons. The highest BCUT2D eigenvalue weighted by molar-refractivity contribution is 14.1. The standard InChI is InChI=1S/C29H26INO5S/c1-3-34-23-16-20(15-22(30)27(23)36-18-19-11-7-5-8-12-19)17-24-26(32)25(29(33)35-4-2)28(37-24)31-21-13-9-6-10-14-21/h5-17,32H,3-4,18H2,1-2H3/b24-17-,31-28?. The van der Waals surface area contributed by atoms with Crippen LogP contribution in [0.3, 0.4) is 0 Å². The van der Waals surface area contributed by atoms with Crippen molar-refractivity contribution in [3.63, 3.8) is 0 Å². The van der Waals surface area contributed by atoms with Gasteiger partial charge in [0.05, 0.1) is 27.4 Å².